The lowest BCUT2D eigenvalue weighted by Crippen LogP contribution is -2.13. The molecule has 0 N–H and O–H groups in total. The molecule has 0 unspecified atom stereocenters. The van der Waals surface area contributed by atoms with Gasteiger partial charge >= 0.3 is 0 Å². The molecule has 88 valence electrons. The van der Waals surface area contributed by atoms with Crippen molar-refractivity contribution in [2.75, 3.05) is 39.6 Å². The molecular weight excluding hydrogens is 200 g/mol. The van der Waals surface area contributed by atoms with Crippen LogP contribution < -0.4 is 0 Å². The Morgan fingerprint density at radius 3 is 2.40 bits per heavy atom. The molecule has 1 aliphatic heterocycles. The SMILES string of the molecule is O=CCCOCCOCCC1OCCO1. The minimum absolute atomic E-state index is 0.0963. The molecule has 0 radical (unpaired) electrons. The summed E-state index contributed by atoms with van der Waals surface area (Å²) in [5.74, 6) is 0. The second-order valence-electron chi connectivity index (χ2n) is 3.14. The first kappa shape index (κ1) is 12.6. The number of aldehydes is 1. The normalized spacial score (nSPS) is 17.1. The van der Waals surface area contributed by atoms with Crippen molar-refractivity contribution in [2.24, 2.45) is 0 Å². The molecule has 1 fully saturated rings. The molecule has 0 aromatic rings. The first-order chi connectivity index (χ1) is 7.43. The number of hydrogen-bond donors (Lipinski definition) is 0. The van der Waals surface area contributed by atoms with E-state index in [-0.39, 0.29) is 6.29 Å². The molecule has 5 nitrogen and oxygen atoms in total. The Balaban J connectivity index is 1.74. The van der Waals surface area contributed by atoms with Crippen LogP contribution in [0.4, 0.5) is 0 Å². The van der Waals surface area contributed by atoms with E-state index >= 15 is 0 Å². The van der Waals surface area contributed by atoms with Crippen LogP contribution in [0.2, 0.25) is 0 Å². The Labute approximate surface area is 89.6 Å². The summed E-state index contributed by atoms with van der Waals surface area (Å²) >= 11 is 0. The van der Waals surface area contributed by atoms with Crippen LogP contribution in [0.1, 0.15) is 12.8 Å². The number of carbonyl (C=O) groups excluding carboxylic acids is 1. The summed E-state index contributed by atoms with van der Waals surface area (Å²) in [5, 5.41) is 0. The van der Waals surface area contributed by atoms with Crippen molar-refractivity contribution < 1.29 is 23.7 Å². The molecule has 1 heterocycles. The van der Waals surface area contributed by atoms with Crippen molar-refractivity contribution in [2.45, 2.75) is 19.1 Å². The van der Waals surface area contributed by atoms with Gasteiger partial charge in [0.05, 0.1) is 39.6 Å². The number of carbonyl (C=O) groups is 1. The first-order valence-electron chi connectivity index (χ1n) is 5.26. The van der Waals surface area contributed by atoms with Crippen LogP contribution in [0.15, 0.2) is 0 Å². The van der Waals surface area contributed by atoms with Gasteiger partial charge in [0.2, 0.25) is 0 Å². The van der Waals surface area contributed by atoms with Crippen LogP contribution in [0, 0.1) is 0 Å². The Morgan fingerprint density at radius 2 is 1.73 bits per heavy atom. The summed E-state index contributed by atoms with van der Waals surface area (Å²) in [5.41, 5.74) is 0. The maximum Gasteiger partial charge on any atom is 0.160 e. The van der Waals surface area contributed by atoms with E-state index in [1.807, 2.05) is 0 Å². The van der Waals surface area contributed by atoms with Crippen molar-refractivity contribution in [3.8, 4) is 0 Å². The predicted molar refractivity (Wildman–Crippen MR) is 52.6 cm³/mol. The topological polar surface area (TPSA) is 54.0 Å². The summed E-state index contributed by atoms with van der Waals surface area (Å²) < 4.78 is 20.9. The highest BCUT2D eigenvalue weighted by atomic mass is 16.7. The quantitative estimate of drug-likeness (QED) is 0.413. The molecule has 1 rings (SSSR count). The van der Waals surface area contributed by atoms with E-state index in [0.717, 1.165) is 12.7 Å². The molecule has 0 aromatic carbocycles. The van der Waals surface area contributed by atoms with Crippen molar-refractivity contribution in [1.29, 1.82) is 0 Å². The lowest BCUT2D eigenvalue weighted by atomic mass is 10.4. The van der Waals surface area contributed by atoms with Gasteiger partial charge in [0.25, 0.3) is 0 Å². The molecular formula is C10H18O5. The van der Waals surface area contributed by atoms with E-state index in [4.69, 9.17) is 18.9 Å². The second kappa shape index (κ2) is 8.79. The molecule has 0 bridgehead atoms. The van der Waals surface area contributed by atoms with Crippen molar-refractivity contribution in [1.82, 2.24) is 0 Å². The first-order valence-corrected chi connectivity index (χ1v) is 5.26. The van der Waals surface area contributed by atoms with Gasteiger partial charge in [0.1, 0.15) is 6.29 Å². The third kappa shape index (κ3) is 6.57. The Kier molecular flexibility index (Phi) is 7.37. The van der Waals surface area contributed by atoms with Crippen LogP contribution in [-0.4, -0.2) is 52.2 Å². The highest BCUT2D eigenvalue weighted by Gasteiger charge is 2.14. The zero-order valence-electron chi connectivity index (χ0n) is 8.85. The molecule has 0 saturated carbocycles. The van der Waals surface area contributed by atoms with Crippen LogP contribution in [0.5, 0.6) is 0 Å². The van der Waals surface area contributed by atoms with Gasteiger partial charge in [-0.25, -0.2) is 0 Å². The van der Waals surface area contributed by atoms with Gasteiger partial charge in [0, 0.05) is 12.8 Å². The molecule has 1 saturated heterocycles. The maximum absolute atomic E-state index is 9.95. The highest BCUT2D eigenvalue weighted by molar-refractivity contribution is 5.49. The molecule has 1 aliphatic rings. The largest absolute Gasteiger partial charge is 0.379 e. The van der Waals surface area contributed by atoms with E-state index in [0.29, 0.717) is 46.1 Å². The zero-order valence-corrected chi connectivity index (χ0v) is 8.85. The molecule has 0 amide bonds. The van der Waals surface area contributed by atoms with Gasteiger partial charge in [-0.2, -0.15) is 0 Å². The van der Waals surface area contributed by atoms with Crippen molar-refractivity contribution in [3.63, 3.8) is 0 Å². The highest BCUT2D eigenvalue weighted by Crippen LogP contribution is 2.07. The van der Waals surface area contributed by atoms with E-state index in [1.54, 1.807) is 0 Å². The molecule has 0 aromatic heterocycles. The van der Waals surface area contributed by atoms with E-state index < -0.39 is 0 Å². The Bertz CT molecular complexity index is 156. The van der Waals surface area contributed by atoms with Crippen molar-refractivity contribution >= 4 is 6.29 Å². The molecule has 15 heavy (non-hydrogen) atoms. The molecule has 0 atom stereocenters. The van der Waals surface area contributed by atoms with Gasteiger partial charge in [-0.1, -0.05) is 0 Å². The molecule has 5 heteroatoms. The predicted octanol–water partition coefficient (Wildman–Crippen LogP) is 0.372. The monoisotopic (exact) mass is 218 g/mol. The lowest BCUT2D eigenvalue weighted by molar-refractivity contribution is -0.109. The Morgan fingerprint density at radius 1 is 1.07 bits per heavy atom. The summed E-state index contributed by atoms with van der Waals surface area (Å²) in [4.78, 5) is 9.95. The summed E-state index contributed by atoms with van der Waals surface area (Å²) in [6.45, 7) is 3.52. The van der Waals surface area contributed by atoms with Gasteiger partial charge in [0.15, 0.2) is 6.29 Å². The van der Waals surface area contributed by atoms with Crippen LogP contribution in [0.3, 0.4) is 0 Å². The van der Waals surface area contributed by atoms with Gasteiger partial charge < -0.3 is 23.7 Å². The van der Waals surface area contributed by atoms with Crippen LogP contribution >= 0.6 is 0 Å². The smallest absolute Gasteiger partial charge is 0.160 e. The maximum atomic E-state index is 9.95. The zero-order chi connectivity index (χ0) is 10.8. The third-order valence-electron chi connectivity index (χ3n) is 1.94. The fourth-order valence-electron chi connectivity index (χ4n) is 1.21. The summed E-state index contributed by atoms with van der Waals surface area (Å²) in [6.07, 6.45) is 1.95. The minimum Gasteiger partial charge on any atom is -0.379 e. The molecule has 0 aliphatic carbocycles. The number of rotatable bonds is 9. The van der Waals surface area contributed by atoms with Gasteiger partial charge in [-0.15, -0.1) is 0 Å². The van der Waals surface area contributed by atoms with E-state index in [2.05, 4.69) is 0 Å². The van der Waals surface area contributed by atoms with Crippen molar-refractivity contribution in [3.05, 3.63) is 0 Å². The number of hydrogen-bond acceptors (Lipinski definition) is 5. The van der Waals surface area contributed by atoms with Gasteiger partial charge in [-0.05, 0) is 0 Å². The molecule has 0 spiro atoms. The van der Waals surface area contributed by atoms with Crippen LogP contribution in [0.25, 0.3) is 0 Å². The van der Waals surface area contributed by atoms with Crippen LogP contribution in [-0.2, 0) is 23.7 Å². The lowest BCUT2D eigenvalue weighted by Gasteiger charge is -2.09. The average molecular weight is 218 g/mol. The summed E-state index contributed by atoms with van der Waals surface area (Å²) in [7, 11) is 0. The fourth-order valence-corrected chi connectivity index (χ4v) is 1.21. The second-order valence-corrected chi connectivity index (χ2v) is 3.14. The standard InChI is InChI=1S/C10H18O5/c11-3-1-4-12-6-7-13-5-2-10-14-8-9-15-10/h3,10H,1-2,4-9H2. The Hall–Kier alpha value is -0.490. The summed E-state index contributed by atoms with van der Waals surface area (Å²) in [6, 6.07) is 0. The minimum atomic E-state index is -0.0963. The van der Waals surface area contributed by atoms with Gasteiger partial charge in [-0.3, -0.25) is 0 Å². The van der Waals surface area contributed by atoms with E-state index in [9.17, 15) is 4.79 Å². The van der Waals surface area contributed by atoms with E-state index in [1.165, 1.54) is 0 Å². The third-order valence-corrected chi connectivity index (χ3v) is 1.94. The number of ether oxygens (including phenoxy) is 4. The average Bonchev–Trinajstić information content (AvgIpc) is 2.75. The fraction of sp³-hybridized carbons (Fsp3) is 0.900.